The van der Waals surface area contributed by atoms with Crippen molar-refractivity contribution in [2.75, 3.05) is 6.54 Å². The number of hydrogen-bond acceptors (Lipinski definition) is 3. The van der Waals surface area contributed by atoms with Crippen LogP contribution in [-0.2, 0) is 16.1 Å². The first-order valence-corrected chi connectivity index (χ1v) is 9.20. The molecular weight excluding hydrogens is 296 g/mol. The zero-order valence-electron chi connectivity index (χ0n) is 13.5. The molecule has 2 N–H and O–H groups in total. The molecule has 0 aliphatic carbocycles. The SMILES string of the molecule is CCCCCCCCCCNC(=O)C(=O)NCc1cccs1. The molecule has 0 unspecified atom stereocenters. The predicted molar refractivity (Wildman–Crippen MR) is 91.8 cm³/mol. The average Bonchev–Trinajstić information content (AvgIpc) is 3.04. The molecule has 0 spiro atoms. The van der Waals surface area contributed by atoms with Gasteiger partial charge in [0, 0.05) is 11.4 Å². The third kappa shape index (κ3) is 8.82. The van der Waals surface area contributed by atoms with E-state index < -0.39 is 11.8 Å². The average molecular weight is 324 g/mol. The molecule has 1 rings (SSSR count). The Kier molecular flexibility index (Phi) is 10.4. The summed E-state index contributed by atoms with van der Waals surface area (Å²) in [5.74, 6) is -1.08. The Morgan fingerprint density at radius 2 is 1.59 bits per heavy atom. The summed E-state index contributed by atoms with van der Waals surface area (Å²) in [5.41, 5.74) is 0. The molecule has 2 amide bonds. The number of amides is 2. The van der Waals surface area contributed by atoms with Crippen molar-refractivity contribution in [2.45, 2.75) is 64.8 Å². The number of unbranched alkanes of at least 4 members (excludes halogenated alkanes) is 7. The van der Waals surface area contributed by atoms with Crippen LogP contribution in [0.15, 0.2) is 17.5 Å². The van der Waals surface area contributed by atoms with Crippen LogP contribution in [0.1, 0.15) is 63.2 Å². The standard InChI is InChI=1S/C17H28N2O2S/c1-2-3-4-5-6-7-8-9-12-18-16(20)17(21)19-14-15-11-10-13-22-15/h10-11,13H,2-9,12,14H2,1H3,(H,18,20)(H,19,21). The number of rotatable bonds is 11. The van der Waals surface area contributed by atoms with Gasteiger partial charge in [0.25, 0.3) is 0 Å². The first-order chi connectivity index (χ1) is 10.7. The first kappa shape index (κ1) is 18.7. The highest BCUT2D eigenvalue weighted by atomic mass is 32.1. The number of thiophene rings is 1. The molecule has 22 heavy (non-hydrogen) atoms. The Labute approximate surface area is 137 Å². The quantitative estimate of drug-likeness (QED) is 0.482. The van der Waals surface area contributed by atoms with E-state index in [1.807, 2.05) is 17.5 Å². The van der Waals surface area contributed by atoms with Crippen LogP contribution in [0.5, 0.6) is 0 Å². The highest BCUT2D eigenvalue weighted by molar-refractivity contribution is 7.09. The molecule has 0 saturated heterocycles. The third-order valence-electron chi connectivity index (χ3n) is 3.53. The zero-order valence-corrected chi connectivity index (χ0v) is 14.3. The summed E-state index contributed by atoms with van der Waals surface area (Å²) in [6, 6.07) is 3.86. The van der Waals surface area contributed by atoms with Gasteiger partial charge >= 0.3 is 11.8 Å². The van der Waals surface area contributed by atoms with E-state index in [4.69, 9.17) is 0 Å². The molecular formula is C17H28N2O2S. The fourth-order valence-electron chi connectivity index (χ4n) is 2.20. The number of carbonyl (C=O) groups excluding carboxylic acids is 2. The van der Waals surface area contributed by atoms with E-state index in [0.29, 0.717) is 13.1 Å². The summed E-state index contributed by atoms with van der Waals surface area (Å²) in [6.45, 7) is 3.22. The molecule has 0 saturated carbocycles. The van der Waals surface area contributed by atoms with Crippen LogP contribution in [0.3, 0.4) is 0 Å². The Hall–Kier alpha value is -1.36. The molecule has 124 valence electrons. The van der Waals surface area contributed by atoms with Gasteiger partial charge in [0.1, 0.15) is 0 Å². The van der Waals surface area contributed by atoms with Crippen LogP contribution in [0.25, 0.3) is 0 Å². The lowest BCUT2D eigenvalue weighted by Gasteiger charge is -2.06. The molecule has 0 bridgehead atoms. The van der Waals surface area contributed by atoms with E-state index in [1.165, 1.54) is 38.5 Å². The number of carbonyl (C=O) groups is 2. The van der Waals surface area contributed by atoms with Gasteiger partial charge in [0.05, 0.1) is 6.54 Å². The van der Waals surface area contributed by atoms with Gasteiger partial charge in [0.2, 0.25) is 0 Å². The van der Waals surface area contributed by atoms with Crippen LogP contribution in [-0.4, -0.2) is 18.4 Å². The molecule has 4 nitrogen and oxygen atoms in total. The lowest BCUT2D eigenvalue weighted by Crippen LogP contribution is -2.39. The van der Waals surface area contributed by atoms with Gasteiger partial charge in [-0.15, -0.1) is 11.3 Å². The van der Waals surface area contributed by atoms with Crippen LogP contribution in [0.2, 0.25) is 0 Å². The highest BCUT2D eigenvalue weighted by Gasteiger charge is 2.11. The minimum atomic E-state index is -0.548. The van der Waals surface area contributed by atoms with Gasteiger partial charge in [-0.1, -0.05) is 57.9 Å². The van der Waals surface area contributed by atoms with Crippen molar-refractivity contribution in [2.24, 2.45) is 0 Å². The number of nitrogens with one attached hydrogen (secondary N) is 2. The summed E-state index contributed by atoms with van der Waals surface area (Å²) in [6.07, 6.45) is 9.79. The normalized spacial score (nSPS) is 10.4. The molecule has 0 fully saturated rings. The van der Waals surface area contributed by atoms with Gasteiger partial charge < -0.3 is 10.6 Å². The number of hydrogen-bond donors (Lipinski definition) is 2. The van der Waals surface area contributed by atoms with E-state index in [2.05, 4.69) is 17.6 Å². The minimum absolute atomic E-state index is 0.418. The van der Waals surface area contributed by atoms with Crippen molar-refractivity contribution in [1.82, 2.24) is 10.6 Å². The molecule has 1 aromatic heterocycles. The van der Waals surface area contributed by atoms with Crippen molar-refractivity contribution < 1.29 is 9.59 Å². The molecule has 0 aromatic carbocycles. The van der Waals surface area contributed by atoms with Crippen LogP contribution >= 0.6 is 11.3 Å². The maximum absolute atomic E-state index is 11.6. The minimum Gasteiger partial charge on any atom is -0.348 e. The molecule has 1 aromatic rings. The zero-order chi connectivity index (χ0) is 16.0. The second-order valence-corrected chi connectivity index (χ2v) is 6.53. The van der Waals surface area contributed by atoms with Gasteiger partial charge in [-0.05, 0) is 17.9 Å². The van der Waals surface area contributed by atoms with Crippen molar-refractivity contribution >= 4 is 23.2 Å². The summed E-state index contributed by atoms with van der Waals surface area (Å²) in [5, 5.41) is 7.25. The summed E-state index contributed by atoms with van der Waals surface area (Å²) >= 11 is 1.56. The fourth-order valence-corrected chi connectivity index (χ4v) is 2.85. The van der Waals surface area contributed by atoms with Crippen molar-refractivity contribution in [3.05, 3.63) is 22.4 Å². The van der Waals surface area contributed by atoms with Crippen LogP contribution < -0.4 is 10.6 Å². The van der Waals surface area contributed by atoms with Gasteiger partial charge in [-0.2, -0.15) is 0 Å². The van der Waals surface area contributed by atoms with Gasteiger partial charge in [-0.3, -0.25) is 9.59 Å². The monoisotopic (exact) mass is 324 g/mol. The molecule has 5 heteroatoms. The lowest BCUT2D eigenvalue weighted by atomic mass is 10.1. The van der Waals surface area contributed by atoms with Crippen LogP contribution in [0.4, 0.5) is 0 Å². The molecule has 0 aliphatic rings. The summed E-state index contributed by atoms with van der Waals surface area (Å²) < 4.78 is 0. The predicted octanol–water partition coefficient (Wildman–Crippen LogP) is 3.62. The van der Waals surface area contributed by atoms with Crippen molar-refractivity contribution in [1.29, 1.82) is 0 Å². The maximum Gasteiger partial charge on any atom is 0.309 e. The lowest BCUT2D eigenvalue weighted by molar-refractivity contribution is -0.139. The molecule has 0 aliphatic heterocycles. The maximum atomic E-state index is 11.6. The van der Waals surface area contributed by atoms with E-state index >= 15 is 0 Å². The second kappa shape index (κ2) is 12.2. The summed E-state index contributed by atoms with van der Waals surface area (Å²) in [4.78, 5) is 24.2. The fraction of sp³-hybridized carbons (Fsp3) is 0.647. The summed E-state index contributed by atoms with van der Waals surface area (Å²) in [7, 11) is 0. The van der Waals surface area contributed by atoms with Crippen molar-refractivity contribution in [3.63, 3.8) is 0 Å². The Balaban J connectivity index is 1.95. The largest absolute Gasteiger partial charge is 0.348 e. The second-order valence-electron chi connectivity index (χ2n) is 5.49. The van der Waals surface area contributed by atoms with Crippen molar-refractivity contribution in [3.8, 4) is 0 Å². The van der Waals surface area contributed by atoms with E-state index in [-0.39, 0.29) is 0 Å². The molecule has 0 atom stereocenters. The van der Waals surface area contributed by atoms with E-state index in [1.54, 1.807) is 11.3 Å². The first-order valence-electron chi connectivity index (χ1n) is 8.32. The van der Waals surface area contributed by atoms with Crippen LogP contribution in [0, 0.1) is 0 Å². The van der Waals surface area contributed by atoms with Gasteiger partial charge in [0.15, 0.2) is 0 Å². The van der Waals surface area contributed by atoms with E-state index in [0.717, 1.165) is 17.7 Å². The Bertz CT molecular complexity index is 418. The third-order valence-corrected chi connectivity index (χ3v) is 4.40. The Morgan fingerprint density at radius 3 is 2.23 bits per heavy atom. The Morgan fingerprint density at radius 1 is 0.955 bits per heavy atom. The highest BCUT2D eigenvalue weighted by Crippen LogP contribution is 2.08. The molecule has 0 radical (unpaired) electrons. The van der Waals surface area contributed by atoms with Gasteiger partial charge in [-0.25, -0.2) is 0 Å². The molecule has 1 heterocycles. The van der Waals surface area contributed by atoms with E-state index in [9.17, 15) is 9.59 Å². The smallest absolute Gasteiger partial charge is 0.309 e. The topological polar surface area (TPSA) is 58.2 Å².